The second kappa shape index (κ2) is 7.85. The van der Waals surface area contributed by atoms with Crippen LogP contribution in [0.4, 0.5) is 5.69 Å². The second-order valence-electron chi connectivity index (χ2n) is 5.30. The van der Waals surface area contributed by atoms with Gasteiger partial charge in [-0.25, -0.2) is 4.79 Å². The minimum atomic E-state index is -0.356. The molecule has 0 fully saturated rings. The number of thiocarbonyl (C=S) groups is 1. The number of hydrogen-bond donors (Lipinski definition) is 2. The van der Waals surface area contributed by atoms with Crippen LogP contribution in [0.3, 0.4) is 0 Å². The Bertz CT molecular complexity index is 794. The fourth-order valence-electron chi connectivity index (χ4n) is 2.35. The van der Waals surface area contributed by atoms with Crippen LogP contribution in [0.15, 0.2) is 42.5 Å². The summed E-state index contributed by atoms with van der Waals surface area (Å²) in [5.74, 6) is 1.13. The fourth-order valence-corrected chi connectivity index (χ4v) is 2.54. The molecular formula is C18H18N2O4S. The van der Waals surface area contributed by atoms with Crippen LogP contribution in [-0.2, 0) is 11.3 Å². The number of esters is 1. The van der Waals surface area contributed by atoms with E-state index in [1.807, 2.05) is 24.3 Å². The zero-order valence-corrected chi connectivity index (χ0v) is 14.5. The average Bonchev–Trinajstić information content (AvgIpc) is 3.08. The van der Waals surface area contributed by atoms with Crippen molar-refractivity contribution in [1.82, 2.24) is 5.32 Å². The summed E-state index contributed by atoms with van der Waals surface area (Å²) < 4.78 is 15.6. The smallest absolute Gasteiger partial charge is 0.338 e. The first-order valence-electron chi connectivity index (χ1n) is 7.86. The van der Waals surface area contributed by atoms with E-state index in [2.05, 4.69) is 10.6 Å². The summed E-state index contributed by atoms with van der Waals surface area (Å²) in [5, 5.41) is 6.64. The van der Waals surface area contributed by atoms with E-state index in [-0.39, 0.29) is 12.8 Å². The molecule has 1 aliphatic rings. The van der Waals surface area contributed by atoms with Crippen molar-refractivity contribution in [3.8, 4) is 11.5 Å². The number of fused-ring (bicyclic) bond motifs is 1. The Morgan fingerprint density at radius 2 is 2.04 bits per heavy atom. The van der Waals surface area contributed by atoms with Crippen molar-refractivity contribution >= 4 is 29.0 Å². The predicted molar refractivity (Wildman–Crippen MR) is 98.0 cm³/mol. The molecule has 25 heavy (non-hydrogen) atoms. The van der Waals surface area contributed by atoms with Crippen LogP contribution < -0.4 is 20.1 Å². The first-order chi connectivity index (χ1) is 12.2. The van der Waals surface area contributed by atoms with E-state index in [0.717, 1.165) is 17.1 Å². The monoisotopic (exact) mass is 358 g/mol. The second-order valence-corrected chi connectivity index (χ2v) is 5.70. The molecule has 130 valence electrons. The van der Waals surface area contributed by atoms with Gasteiger partial charge in [-0.15, -0.1) is 0 Å². The molecule has 3 rings (SSSR count). The molecule has 1 heterocycles. The summed E-state index contributed by atoms with van der Waals surface area (Å²) in [5.41, 5.74) is 2.22. The van der Waals surface area contributed by atoms with Crippen molar-refractivity contribution in [3.63, 3.8) is 0 Å². The summed E-state index contributed by atoms with van der Waals surface area (Å²) in [4.78, 5) is 11.8. The van der Waals surface area contributed by atoms with Gasteiger partial charge in [-0.05, 0) is 55.0 Å². The maximum atomic E-state index is 11.8. The van der Waals surface area contributed by atoms with Crippen molar-refractivity contribution < 1.29 is 19.0 Å². The number of benzene rings is 2. The molecule has 0 saturated carbocycles. The third-order valence-electron chi connectivity index (χ3n) is 3.52. The predicted octanol–water partition coefficient (Wildman–Crippen LogP) is 3.08. The molecule has 7 heteroatoms. The van der Waals surface area contributed by atoms with Gasteiger partial charge in [0.05, 0.1) is 12.2 Å². The van der Waals surface area contributed by atoms with Gasteiger partial charge in [0.1, 0.15) is 0 Å². The summed E-state index contributed by atoms with van der Waals surface area (Å²) in [7, 11) is 0. The molecule has 0 spiro atoms. The van der Waals surface area contributed by atoms with E-state index in [0.29, 0.717) is 29.5 Å². The minimum Gasteiger partial charge on any atom is -0.462 e. The Hall–Kier alpha value is -2.80. The molecule has 0 atom stereocenters. The van der Waals surface area contributed by atoms with Gasteiger partial charge in [0.25, 0.3) is 0 Å². The van der Waals surface area contributed by atoms with E-state index in [1.54, 1.807) is 25.1 Å². The SMILES string of the molecule is CCOC(=O)c1cccc(NC(=S)NCc2ccc3c(c2)OCO3)c1. The van der Waals surface area contributed by atoms with E-state index in [1.165, 1.54) is 0 Å². The Balaban J connectivity index is 1.56. The number of carbonyl (C=O) groups is 1. The standard InChI is InChI=1S/C18H18N2O4S/c1-2-22-17(21)13-4-3-5-14(9-13)20-18(25)19-10-12-6-7-15-16(8-12)24-11-23-15/h3-9H,2,10-11H2,1H3,(H2,19,20,25). The highest BCUT2D eigenvalue weighted by atomic mass is 32.1. The highest BCUT2D eigenvalue weighted by molar-refractivity contribution is 7.80. The quantitative estimate of drug-likeness (QED) is 0.629. The number of hydrogen-bond acceptors (Lipinski definition) is 5. The molecule has 0 unspecified atom stereocenters. The maximum Gasteiger partial charge on any atom is 0.338 e. The van der Waals surface area contributed by atoms with Gasteiger partial charge in [0, 0.05) is 12.2 Å². The van der Waals surface area contributed by atoms with Gasteiger partial charge in [0.2, 0.25) is 6.79 Å². The summed E-state index contributed by atoms with van der Waals surface area (Å²) >= 11 is 5.30. The highest BCUT2D eigenvalue weighted by Gasteiger charge is 2.13. The number of nitrogens with one attached hydrogen (secondary N) is 2. The largest absolute Gasteiger partial charge is 0.462 e. The molecular weight excluding hydrogens is 340 g/mol. The van der Waals surface area contributed by atoms with Crippen molar-refractivity contribution in [2.45, 2.75) is 13.5 Å². The minimum absolute atomic E-state index is 0.253. The number of ether oxygens (including phenoxy) is 3. The van der Waals surface area contributed by atoms with Gasteiger partial charge < -0.3 is 24.8 Å². The molecule has 0 saturated heterocycles. The Morgan fingerprint density at radius 1 is 1.20 bits per heavy atom. The zero-order valence-electron chi connectivity index (χ0n) is 13.7. The van der Waals surface area contributed by atoms with E-state index in [4.69, 9.17) is 26.4 Å². The van der Waals surface area contributed by atoms with Crippen LogP contribution >= 0.6 is 12.2 Å². The number of rotatable bonds is 5. The van der Waals surface area contributed by atoms with Gasteiger partial charge in [0.15, 0.2) is 16.6 Å². The zero-order chi connectivity index (χ0) is 17.6. The topological polar surface area (TPSA) is 68.8 Å². The first kappa shape index (κ1) is 17.0. The Kier molecular flexibility index (Phi) is 5.35. The van der Waals surface area contributed by atoms with E-state index >= 15 is 0 Å². The fraction of sp³-hybridized carbons (Fsp3) is 0.222. The van der Waals surface area contributed by atoms with Crippen LogP contribution in [0.1, 0.15) is 22.8 Å². The number of anilines is 1. The molecule has 0 aliphatic carbocycles. The molecule has 2 aromatic carbocycles. The normalized spacial score (nSPS) is 11.7. The maximum absolute atomic E-state index is 11.8. The van der Waals surface area contributed by atoms with Crippen molar-refractivity contribution in [2.24, 2.45) is 0 Å². The van der Waals surface area contributed by atoms with Crippen LogP contribution in [0.2, 0.25) is 0 Å². The molecule has 6 nitrogen and oxygen atoms in total. The van der Waals surface area contributed by atoms with Crippen LogP contribution in [-0.4, -0.2) is 24.5 Å². The van der Waals surface area contributed by atoms with E-state index < -0.39 is 0 Å². The molecule has 1 aliphatic heterocycles. The van der Waals surface area contributed by atoms with Gasteiger partial charge >= 0.3 is 5.97 Å². The summed E-state index contributed by atoms with van der Waals surface area (Å²) in [6, 6.07) is 12.7. The lowest BCUT2D eigenvalue weighted by Gasteiger charge is -2.12. The summed E-state index contributed by atoms with van der Waals surface area (Å²) in [6.45, 7) is 2.91. The van der Waals surface area contributed by atoms with Gasteiger partial charge in [-0.3, -0.25) is 0 Å². The third kappa shape index (κ3) is 4.39. The van der Waals surface area contributed by atoms with Crippen LogP contribution in [0, 0.1) is 0 Å². The average molecular weight is 358 g/mol. The molecule has 2 aromatic rings. The molecule has 0 radical (unpaired) electrons. The Morgan fingerprint density at radius 3 is 2.88 bits per heavy atom. The Labute approximate surface area is 151 Å². The lowest BCUT2D eigenvalue weighted by molar-refractivity contribution is 0.0526. The molecule has 0 amide bonds. The first-order valence-corrected chi connectivity index (χ1v) is 8.27. The highest BCUT2D eigenvalue weighted by Crippen LogP contribution is 2.32. The van der Waals surface area contributed by atoms with Crippen molar-refractivity contribution in [1.29, 1.82) is 0 Å². The summed E-state index contributed by atoms with van der Waals surface area (Å²) in [6.07, 6.45) is 0. The van der Waals surface area contributed by atoms with Crippen molar-refractivity contribution in [3.05, 3.63) is 53.6 Å². The van der Waals surface area contributed by atoms with Crippen LogP contribution in [0.25, 0.3) is 0 Å². The van der Waals surface area contributed by atoms with E-state index in [9.17, 15) is 4.79 Å². The molecule has 2 N–H and O–H groups in total. The lowest BCUT2D eigenvalue weighted by Crippen LogP contribution is -2.27. The lowest BCUT2D eigenvalue weighted by atomic mass is 10.2. The third-order valence-corrected chi connectivity index (χ3v) is 3.77. The van der Waals surface area contributed by atoms with Crippen LogP contribution in [0.5, 0.6) is 11.5 Å². The van der Waals surface area contributed by atoms with Crippen molar-refractivity contribution in [2.75, 3.05) is 18.7 Å². The molecule has 0 aromatic heterocycles. The van der Waals surface area contributed by atoms with Gasteiger partial charge in [-0.2, -0.15) is 0 Å². The number of carbonyl (C=O) groups excluding carboxylic acids is 1. The molecule has 0 bridgehead atoms. The van der Waals surface area contributed by atoms with Gasteiger partial charge in [-0.1, -0.05) is 12.1 Å².